The summed E-state index contributed by atoms with van der Waals surface area (Å²) in [5, 5.41) is 7.07. The minimum absolute atomic E-state index is 0.0622. The Bertz CT molecular complexity index is 636. The van der Waals surface area contributed by atoms with Crippen molar-refractivity contribution in [3.05, 3.63) is 29.8 Å². The van der Waals surface area contributed by atoms with Crippen molar-refractivity contribution in [1.29, 1.82) is 0 Å². The maximum atomic E-state index is 5.67. The van der Waals surface area contributed by atoms with Crippen LogP contribution in [0.25, 0.3) is 0 Å². The first-order chi connectivity index (χ1) is 13.6. The molecule has 2 aliphatic rings. The molecule has 0 amide bonds. The van der Waals surface area contributed by atoms with Crippen LogP contribution in [0.2, 0.25) is 0 Å². The number of guanidine groups is 1. The lowest BCUT2D eigenvalue weighted by atomic mass is 9.74. The highest BCUT2D eigenvalue weighted by Gasteiger charge is 2.35. The van der Waals surface area contributed by atoms with E-state index in [0.717, 1.165) is 57.4 Å². The number of methoxy groups -OCH3 is 1. The van der Waals surface area contributed by atoms with Gasteiger partial charge in [-0.25, -0.2) is 0 Å². The summed E-state index contributed by atoms with van der Waals surface area (Å²) in [6.45, 7) is 8.66. The third-order valence-electron chi connectivity index (χ3n) is 5.96. The zero-order valence-corrected chi connectivity index (χ0v) is 18.4. The molecule has 2 N–H and O–H groups in total. The van der Waals surface area contributed by atoms with Gasteiger partial charge in [0.25, 0.3) is 0 Å². The lowest BCUT2D eigenvalue weighted by Gasteiger charge is -2.38. The van der Waals surface area contributed by atoms with Crippen molar-refractivity contribution in [3.63, 3.8) is 0 Å². The molecule has 2 heterocycles. The monoisotopic (exact) mass is 405 g/mol. The van der Waals surface area contributed by atoms with E-state index in [9.17, 15) is 0 Å². The fraction of sp³-hybridized carbons (Fsp3) is 0.682. The number of benzene rings is 1. The number of hydrogen-bond donors (Lipinski definition) is 2. The van der Waals surface area contributed by atoms with E-state index in [1.54, 1.807) is 7.11 Å². The van der Waals surface area contributed by atoms with E-state index in [4.69, 9.17) is 14.5 Å². The lowest BCUT2D eigenvalue weighted by molar-refractivity contribution is 0.0513. The number of rotatable bonds is 7. The average molecular weight is 406 g/mol. The number of hydrogen-bond acceptors (Lipinski definition) is 4. The first-order valence-corrected chi connectivity index (χ1v) is 11.5. The van der Waals surface area contributed by atoms with E-state index >= 15 is 0 Å². The lowest BCUT2D eigenvalue weighted by Crippen LogP contribution is -2.48. The van der Waals surface area contributed by atoms with E-state index in [0.29, 0.717) is 0 Å². The van der Waals surface area contributed by atoms with Gasteiger partial charge in [0.05, 0.1) is 13.7 Å². The summed E-state index contributed by atoms with van der Waals surface area (Å²) < 4.78 is 11.3. The fourth-order valence-corrected chi connectivity index (χ4v) is 5.30. The van der Waals surface area contributed by atoms with Gasteiger partial charge in [0.1, 0.15) is 5.75 Å². The second-order valence-electron chi connectivity index (χ2n) is 8.07. The molecule has 1 unspecified atom stereocenters. The topological polar surface area (TPSA) is 54.9 Å². The van der Waals surface area contributed by atoms with Crippen LogP contribution in [-0.4, -0.2) is 56.4 Å². The molecular formula is C22H35N3O2S. The molecule has 0 radical (unpaired) electrons. The van der Waals surface area contributed by atoms with Gasteiger partial charge in [-0.3, -0.25) is 4.99 Å². The molecule has 28 heavy (non-hydrogen) atoms. The summed E-state index contributed by atoms with van der Waals surface area (Å²) >= 11 is 2.06. The van der Waals surface area contributed by atoms with E-state index in [2.05, 4.69) is 60.5 Å². The second-order valence-corrected chi connectivity index (χ2v) is 9.75. The average Bonchev–Trinajstić information content (AvgIpc) is 3.17. The SMILES string of the molecule is CCNC(=NCC1(C)CCCS1)NCC1(c2ccc(OC)cc2)CCOCC1. The van der Waals surface area contributed by atoms with Crippen LogP contribution in [0.5, 0.6) is 5.75 Å². The third kappa shape index (κ3) is 5.35. The summed E-state index contributed by atoms with van der Waals surface area (Å²) in [5.41, 5.74) is 1.41. The highest BCUT2D eigenvalue weighted by molar-refractivity contribution is 8.00. The van der Waals surface area contributed by atoms with Crippen LogP contribution < -0.4 is 15.4 Å². The molecule has 2 aliphatic heterocycles. The van der Waals surface area contributed by atoms with Crippen LogP contribution in [0.15, 0.2) is 29.3 Å². The molecule has 3 rings (SSSR count). The minimum Gasteiger partial charge on any atom is -0.497 e. The predicted molar refractivity (Wildman–Crippen MR) is 119 cm³/mol. The Labute approximate surface area is 174 Å². The van der Waals surface area contributed by atoms with Gasteiger partial charge in [0.2, 0.25) is 0 Å². The summed E-state index contributed by atoms with van der Waals surface area (Å²) in [6.07, 6.45) is 4.59. The number of nitrogens with zero attached hydrogens (tertiary/aromatic N) is 1. The van der Waals surface area contributed by atoms with Gasteiger partial charge in [0, 0.05) is 36.5 Å². The van der Waals surface area contributed by atoms with Crippen molar-refractivity contribution in [2.24, 2.45) is 4.99 Å². The zero-order valence-electron chi connectivity index (χ0n) is 17.6. The molecule has 2 fully saturated rings. The van der Waals surface area contributed by atoms with Gasteiger partial charge < -0.3 is 20.1 Å². The minimum atomic E-state index is 0.0622. The summed E-state index contributed by atoms with van der Waals surface area (Å²) in [6, 6.07) is 8.52. The Morgan fingerprint density at radius 2 is 1.93 bits per heavy atom. The Balaban J connectivity index is 1.71. The first kappa shape index (κ1) is 21.3. The van der Waals surface area contributed by atoms with Gasteiger partial charge in [-0.1, -0.05) is 12.1 Å². The van der Waals surface area contributed by atoms with Crippen molar-refractivity contribution >= 4 is 17.7 Å². The molecule has 0 aromatic heterocycles. The van der Waals surface area contributed by atoms with E-state index in [-0.39, 0.29) is 10.2 Å². The Morgan fingerprint density at radius 3 is 2.54 bits per heavy atom. The van der Waals surface area contributed by atoms with Gasteiger partial charge in [0.15, 0.2) is 5.96 Å². The molecule has 0 saturated carbocycles. The summed E-state index contributed by atoms with van der Waals surface area (Å²) in [5.74, 6) is 3.09. The van der Waals surface area contributed by atoms with E-state index in [1.165, 1.54) is 24.2 Å². The van der Waals surface area contributed by atoms with E-state index < -0.39 is 0 Å². The largest absolute Gasteiger partial charge is 0.497 e. The molecule has 0 aliphatic carbocycles. The number of thioether (sulfide) groups is 1. The predicted octanol–water partition coefficient (Wildman–Crippen LogP) is 3.58. The van der Waals surface area contributed by atoms with Gasteiger partial charge >= 0.3 is 0 Å². The van der Waals surface area contributed by atoms with Crippen LogP contribution in [0.3, 0.4) is 0 Å². The maximum absolute atomic E-state index is 5.67. The maximum Gasteiger partial charge on any atom is 0.191 e. The molecule has 5 nitrogen and oxygen atoms in total. The second kappa shape index (κ2) is 9.88. The molecule has 1 aromatic rings. The summed E-state index contributed by atoms with van der Waals surface area (Å²) in [4.78, 5) is 4.93. The van der Waals surface area contributed by atoms with Crippen molar-refractivity contribution in [1.82, 2.24) is 10.6 Å². The first-order valence-electron chi connectivity index (χ1n) is 10.5. The highest BCUT2D eigenvalue weighted by atomic mass is 32.2. The quantitative estimate of drug-likeness (QED) is 0.536. The number of aliphatic imine (C=N–C) groups is 1. The van der Waals surface area contributed by atoms with Crippen LogP contribution >= 0.6 is 11.8 Å². The van der Waals surface area contributed by atoms with Crippen LogP contribution in [-0.2, 0) is 10.2 Å². The Morgan fingerprint density at radius 1 is 1.18 bits per heavy atom. The standard InChI is InChI=1S/C22H35N3O2S/c1-4-23-20(24-16-21(2)10-5-15-28-21)25-17-22(11-13-27-14-12-22)18-6-8-19(26-3)9-7-18/h6-9H,4-5,10-17H2,1-3H3,(H2,23,24,25). The smallest absolute Gasteiger partial charge is 0.191 e. The Kier molecular flexibility index (Phi) is 7.52. The molecule has 156 valence electrons. The fourth-order valence-electron chi connectivity index (χ4n) is 4.08. The van der Waals surface area contributed by atoms with Crippen molar-refractivity contribution in [3.8, 4) is 5.75 Å². The normalized spacial score (nSPS) is 24.8. The Hall–Kier alpha value is -1.40. The molecule has 6 heteroatoms. The van der Waals surface area contributed by atoms with E-state index in [1.807, 2.05) is 0 Å². The molecule has 0 spiro atoms. The zero-order chi connectivity index (χ0) is 19.9. The molecule has 1 aromatic carbocycles. The van der Waals surface area contributed by atoms with Crippen molar-refractivity contribution in [2.75, 3.05) is 45.7 Å². The number of ether oxygens (including phenoxy) is 2. The van der Waals surface area contributed by atoms with Crippen molar-refractivity contribution < 1.29 is 9.47 Å². The van der Waals surface area contributed by atoms with Gasteiger partial charge in [-0.15, -0.1) is 0 Å². The van der Waals surface area contributed by atoms with Crippen LogP contribution in [0, 0.1) is 0 Å². The van der Waals surface area contributed by atoms with Crippen LogP contribution in [0.1, 0.15) is 45.1 Å². The number of nitrogens with one attached hydrogen (secondary N) is 2. The van der Waals surface area contributed by atoms with Gasteiger partial charge in [-0.05, 0) is 63.0 Å². The molecule has 2 saturated heterocycles. The molecular weight excluding hydrogens is 370 g/mol. The molecule has 1 atom stereocenters. The van der Waals surface area contributed by atoms with Crippen LogP contribution in [0.4, 0.5) is 0 Å². The highest BCUT2D eigenvalue weighted by Crippen LogP contribution is 2.38. The third-order valence-corrected chi connectivity index (χ3v) is 7.49. The summed E-state index contributed by atoms with van der Waals surface area (Å²) in [7, 11) is 1.71. The van der Waals surface area contributed by atoms with Crippen molar-refractivity contribution in [2.45, 2.75) is 49.7 Å². The molecule has 0 bridgehead atoms. The van der Waals surface area contributed by atoms with Gasteiger partial charge in [-0.2, -0.15) is 11.8 Å².